The number of nitrogens with one attached hydrogen (secondary N) is 1. The highest BCUT2D eigenvalue weighted by atomic mass is 19.1. The Bertz CT molecular complexity index is 610. The number of benzene rings is 1. The molecule has 0 aliphatic carbocycles. The average molecular weight is 337 g/mol. The summed E-state index contributed by atoms with van der Waals surface area (Å²) in [5.74, 6) is -1.29. The number of carbonyl (C=O) groups excluding carboxylic acids is 1. The Balaban J connectivity index is 1.84. The number of hydrogen-bond acceptors (Lipinski definition) is 4. The second-order valence-electron chi connectivity index (χ2n) is 6.61. The molecule has 132 valence electrons. The first-order valence-electron chi connectivity index (χ1n) is 7.96. The summed E-state index contributed by atoms with van der Waals surface area (Å²) in [7, 11) is 1.66. The Hall–Kier alpha value is -1.99. The standard InChI is InChI=1S/C17H24FN3O3/c1-17(19-9-16(23)24)7-8-21(12-17)11-15(22)20(2)10-13-5-3-4-6-14(13)18/h3-6,19H,7-12H2,1-2H3,(H,23,24). The zero-order valence-electron chi connectivity index (χ0n) is 14.1. The largest absolute Gasteiger partial charge is 0.480 e. The van der Waals surface area contributed by atoms with Gasteiger partial charge in [-0.1, -0.05) is 18.2 Å². The van der Waals surface area contributed by atoms with Gasteiger partial charge in [-0.3, -0.25) is 14.5 Å². The molecule has 1 fully saturated rings. The highest BCUT2D eigenvalue weighted by Gasteiger charge is 2.34. The van der Waals surface area contributed by atoms with E-state index < -0.39 is 5.97 Å². The normalized spacial score (nSPS) is 21.0. The van der Waals surface area contributed by atoms with E-state index in [-0.39, 0.29) is 36.9 Å². The molecule has 0 spiro atoms. The number of rotatable bonds is 7. The summed E-state index contributed by atoms with van der Waals surface area (Å²) in [6.07, 6.45) is 0.782. The topological polar surface area (TPSA) is 72.9 Å². The van der Waals surface area contributed by atoms with E-state index in [0.29, 0.717) is 12.1 Å². The van der Waals surface area contributed by atoms with Gasteiger partial charge in [-0.25, -0.2) is 4.39 Å². The molecule has 0 saturated carbocycles. The average Bonchev–Trinajstić information content (AvgIpc) is 2.89. The molecular formula is C17H24FN3O3. The van der Waals surface area contributed by atoms with Gasteiger partial charge < -0.3 is 15.3 Å². The van der Waals surface area contributed by atoms with Crippen LogP contribution in [0.25, 0.3) is 0 Å². The number of halogens is 1. The summed E-state index contributed by atoms with van der Waals surface area (Å²) in [4.78, 5) is 26.5. The van der Waals surface area contributed by atoms with Crippen LogP contribution in [0, 0.1) is 5.82 Å². The Morgan fingerprint density at radius 3 is 2.79 bits per heavy atom. The van der Waals surface area contributed by atoms with Crippen molar-refractivity contribution in [3.05, 3.63) is 35.6 Å². The third kappa shape index (κ3) is 5.01. The fourth-order valence-corrected chi connectivity index (χ4v) is 2.91. The molecule has 1 aromatic rings. The minimum Gasteiger partial charge on any atom is -0.480 e. The number of aliphatic carboxylic acids is 1. The van der Waals surface area contributed by atoms with Crippen LogP contribution in [0.1, 0.15) is 18.9 Å². The highest BCUT2D eigenvalue weighted by Crippen LogP contribution is 2.20. The van der Waals surface area contributed by atoms with Gasteiger partial charge in [-0.2, -0.15) is 0 Å². The number of carboxylic acids is 1. The Kier molecular flexibility index (Phi) is 5.90. The number of likely N-dealkylation sites (N-methyl/N-ethyl adjacent to an activating group) is 1. The van der Waals surface area contributed by atoms with Crippen LogP contribution in [-0.4, -0.2) is 65.5 Å². The summed E-state index contributed by atoms with van der Waals surface area (Å²) < 4.78 is 13.7. The van der Waals surface area contributed by atoms with Gasteiger partial charge in [0.2, 0.25) is 5.91 Å². The van der Waals surface area contributed by atoms with Crippen LogP contribution in [0.3, 0.4) is 0 Å². The van der Waals surface area contributed by atoms with Crippen molar-refractivity contribution in [1.29, 1.82) is 0 Å². The molecule has 1 amide bonds. The van der Waals surface area contributed by atoms with Crippen molar-refractivity contribution >= 4 is 11.9 Å². The molecule has 0 bridgehead atoms. The summed E-state index contributed by atoms with van der Waals surface area (Å²) in [6.45, 7) is 3.68. The highest BCUT2D eigenvalue weighted by molar-refractivity contribution is 5.78. The van der Waals surface area contributed by atoms with Crippen LogP contribution >= 0.6 is 0 Å². The van der Waals surface area contributed by atoms with Gasteiger partial charge in [0.05, 0.1) is 13.1 Å². The number of carboxylic acid groups (broad SMARTS) is 1. The molecular weight excluding hydrogens is 313 g/mol. The maximum absolute atomic E-state index is 13.7. The molecule has 1 atom stereocenters. The van der Waals surface area contributed by atoms with E-state index in [0.717, 1.165) is 13.0 Å². The summed E-state index contributed by atoms with van der Waals surface area (Å²) in [5.41, 5.74) is 0.186. The SMILES string of the molecule is CN(Cc1ccccc1F)C(=O)CN1CCC(C)(NCC(=O)O)C1. The quantitative estimate of drug-likeness (QED) is 0.774. The predicted molar refractivity (Wildman–Crippen MR) is 88.0 cm³/mol. The lowest BCUT2D eigenvalue weighted by Crippen LogP contribution is -2.47. The number of amides is 1. The lowest BCUT2D eigenvalue weighted by molar-refractivity contribution is -0.136. The molecule has 6 nitrogen and oxygen atoms in total. The second-order valence-corrected chi connectivity index (χ2v) is 6.61. The zero-order valence-corrected chi connectivity index (χ0v) is 14.1. The van der Waals surface area contributed by atoms with Crippen molar-refractivity contribution in [2.75, 3.05) is 33.2 Å². The van der Waals surface area contributed by atoms with Gasteiger partial charge in [0.15, 0.2) is 0 Å². The summed E-state index contributed by atoms with van der Waals surface area (Å²) in [6, 6.07) is 6.42. The maximum atomic E-state index is 13.7. The Morgan fingerprint density at radius 2 is 2.12 bits per heavy atom. The van der Waals surface area contributed by atoms with Crippen LogP contribution in [0.15, 0.2) is 24.3 Å². The Morgan fingerprint density at radius 1 is 1.42 bits per heavy atom. The number of hydrogen-bond donors (Lipinski definition) is 2. The summed E-state index contributed by atoms with van der Waals surface area (Å²) in [5, 5.41) is 11.8. The molecule has 1 aromatic carbocycles. The monoisotopic (exact) mass is 337 g/mol. The molecule has 24 heavy (non-hydrogen) atoms. The second kappa shape index (κ2) is 7.72. The molecule has 0 radical (unpaired) electrons. The first-order chi connectivity index (χ1) is 11.3. The molecule has 1 heterocycles. The van der Waals surface area contributed by atoms with Crippen LogP contribution < -0.4 is 5.32 Å². The van der Waals surface area contributed by atoms with Crippen molar-refractivity contribution < 1.29 is 19.1 Å². The van der Waals surface area contributed by atoms with E-state index in [2.05, 4.69) is 5.32 Å². The first kappa shape index (κ1) is 18.4. The molecule has 1 aliphatic heterocycles. The first-order valence-corrected chi connectivity index (χ1v) is 7.96. The molecule has 1 unspecified atom stereocenters. The fraction of sp³-hybridized carbons (Fsp3) is 0.529. The number of carbonyl (C=O) groups is 2. The smallest absolute Gasteiger partial charge is 0.317 e. The zero-order chi connectivity index (χ0) is 17.7. The van der Waals surface area contributed by atoms with Crippen molar-refractivity contribution in [3.63, 3.8) is 0 Å². The van der Waals surface area contributed by atoms with Crippen LogP contribution in [0.2, 0.25) is 0 Å². The lowest BCUT2D eigenvalue weighted by Gasteiger charge is -2.26. The molecule has 0 aromatic heterocycles. The van der Waals surface area contributed by atoms with Gasteiger partial charge in [0, 0.05) is 37.8 Å². The van der Waals surface area contributed by atoms with Crippen LogP contribution in [-0.2, 0) is 16.1 Å². The molecule has 2 N–H and O–H groups in total. The lowest BCUT2D eigenvalue weighted by atomic mass is 10.0. The van der Waals surface area contributed by atoms with Gasteiger partial charge in [0.1, 0.15) is 5.82 Å². The number of likely N-dealkylation sites (tertiary alicyclic amines) is 1. The van der Waals surface area contributed by atoms with Gasteiger partial charge >= 0.3 is 5.97 Å². The molecule has 1 saturated heterocycles. The minimum atomic E-state index is -0.893. The van der Waals surface area contributed by atoms with Gasteiger partial charge in [-0.15, -0.1) is 0 Å². The third-order valence-electron chi connectivity index (χ3n) is 4.37. The minimum absolute atomic E-state index is 0.0827. The van der Waals surface area contributed by atoms with Crippen molar-refractivity contribution in [2.45, 2.75) is 25.4 Å². The molecule has 1 aliphatic rings. The fourth-order valence-electron chi connectivity index (χ4n) is 2.91. The van der Waals surface area contributed by atoms with Crippen molar-refractivity contribution in [2.24, 2.45) is 0 Å². The van der Waals surface area contributed by atoms with E-state index in [9.17, 15) is 14.0 Å². The van der Waals surface area contributed by atoms with Crippen LogP contribution in [0.4, 0.5) is 4.39 Å². The molecule has 2 rings (SSSR count). The number of nitrogens with zero attached hydrogens (tertiary/aromatic N) is 2. The summed E-state index contributed by atoms with van der Waals surface area (Å²) >= 11 is 0. The van der Waals surface area contributed by atoms with Gasteiger partial charge in [0.25, 0.3) is 0 Å². The third-order valence-corrected chi connectivity index (χ3v) is 4.37. The van der Waals surface area contributed by atoms with E-state index in [1.807, 2.05) is 11.8 Å². The van der Waals surface area contributed by atoms with E-state index >= 15 is 0 Å². The van der Waals surface area contributed by atoms with E-state index in [1.54, 1.807) is 25.2 Å². The predicted octanol–water partition coefficient (Wildman–Crippen LogP) is 0.923. The molecule has 7 heteroatoms. The van der Waals surface area contributed by atoms with E-state index in [1.165, 1.54) is 11.0 Å². The van der Waals surface area contributed by atoms with Crippen molar-refractivity contribution in [3.8, 4) is 0 Å². The van der Waals surface area contributed by atoms with Crippen LogP contribution in [0.5, 0.6) is 0 Å². The maximum Gasteiger partial charge on any atom is 0.317 e. The Labute approximate surface area is 141 Å². The van der Waals surface area contributed by atoms with Gasteiger partial charge in [-0.05, 0) is 19.4 Å². The van der Waals surface area contributed by atoms with E-state index in [4.69, 9.17) is 5.11 Å². The van der Waals surface area contributed by atoms with Crippen molar-refractivity contribution in [1.82, 2.24) is 15.1 Å².